The Hall–Kier alpha value is -0.870. The summed E-state index contributed by atoms with van der Waals surface area (Å²) in [5.41, 5.74) is 6.82. The zero-order valence-corrected chi connectivity index (χ0v) is 12.5. The predicted molar refractivity (Wildman–Crippen MR) is 76.5 cm³/mol. The Kier molecular flexibility index (Phi) is 4.63. The molecule has 1 atom stereocenters. The molecule has 0 radical (unpaired) electrons. The molecule has 2 rings (SSSR count). The molecule has 19 heavy (non-hydrogen) atoms. The summed E-state index contributed by atoms with van der Waals surface area (Å²) < 4.78 is 5.32. The Labute approximate surface area is 116 Å². The first kappa shape index (κ1) is 14.5. The van der Waals surface area contributed by atoms with Gasteiger partial charge in [-0.1, -0.05) is 25.9 Å². The molecule has 0 spiro atoms. The highest BCUT2D eigenvalue weighted by molar-refractivity contribution is 5.04. The van der Waals surface area contributed by atoms with Crippen molar-refractivity contribution in [1.29, 1.82) is 0 Å². The van der Waals surface area contributed by atoms with Crippen molar-refractivity contribution in [2.45, 2.75) is 53.1 Å². The Bertz CT molecular complexity index is 394. The van der Waals surface area contributed by atoms with Gasteiger partial charge >= 0.3 is 0 Å². The van der Waals surface area contributed by atoms with Crippen LogP contribution in [0.15, 0.2) is 10.6 Å². The molecule has 0 aliphatic carbocycles. The largest absolute Gasteiger partial charge is 0.360 e. The molecule has 1 aliphatic heterocycles. The lowest BCUT2D eigenvalue weighted by atomic mass is 9.77. The predicted octanol–water partition coefficient (Wildman–Crippen LogP) is 2.78. The fourth-order valence-electron chi connectivity index (χ4n) is 2.93. The lowest BCUT2D eigenvalue weighted by Crippen LogP contribution is -2.25. The molecule has 1 aliphatic rings. The van der Waals surface area contributed by atoms with Crippen molar-refractivity contribution < 1.29 is 4.52 Å². The van der Waals surface area contributed by atoms with Crippen LogP contribution in [0.4, 0.5) is 0 Å². The van der Waals surface area contributed by atoms with Gasteiger partial charge in [-0.3, -0.25) is 4.90 Å². The molecule has 0 aromatic carbocycles. The third-order valence-corrected chi connectivity index (χ3v) is 4.24. The highest BCUT2D eigenvalue weighted by atomic mass is 16.5. The maximum Gasteiger partial charge on any atom is 0.151 e. The number of hydrogen-bond donors (Lipinski definition) is 1. The fourth-order valence-corrected chi connectivity index (χ4v) is 2.93. The number of hydrogen-bond acceptors (Lipinski definition) is 4. The molecular formula is C15H27N3O. The number of rotatable bonds is 3. The van der Waals surface area contributed by atoms with Crippen LogP contribution in [0.2, 0.25) is 0 Å². The average Bonchev–Trinajstić information content (AvgIpc) is 2.65. The normalized spacial score (nSPS) is 22.4. The van der Waals surface area contributed by atoms with Gasteiger partial charge in [-0.15, -0.1) is 0 Å². The summed E-state index contributed by atoms with van der Waals surface area (Å²) in [5, 5.41) is 3.95. The minimum absolute atomic E-state index is 0.426. The molecule has 1 aromatic rings. The molecule has 2 N–H and O–H groups in total. The first-order valence-corrected chi connectivity index (χ1v) is 7.36. The number of nitrogens with zero attached hydrogens (tertiary/aromatic N) is 2. The SMILES string of the molecule is CC(C)(C)C1CCCN(Cc2cc(CN)no2)CC1. The Morgan fingerprint density at radius 2 is 2.16 bits per heavy atom. The summed E-state index contributed by atoms with van der Waals surface area (Å²) in [6.45, 7) is 10.7. The molecule has 1 saturated heterocycles. The summed E-state index contributed by atoms with van der Waals surface area (Å²) in [6, 6.07) is 1.98. The Balaban J connectivity index is 1.89. The molecule has 1 unspecified atom stereocenters. The van der Waals surface area contributed by atoms with Gasteiger partial charge in [0.05, 0.1) is 12.2 Å². The van der Waals surface area contributed by atoms with Gasteiger partial charge in [-0.2, -0.15) is 0 Å². The second-order valence-electron chi connectivity index (χ2n) is 6.76. The third kappa shape index (κ3) is 4.05. The summed E-state index contributed by atoms with van der Waals surface area (Å²) in [6.07, 6.45) is 3.89. The van der Waals surface area contributed by atoms with Gasteiger partial charge in [0.25, 0.3) is 0 Å². The van der Waals surface area contributed by atoms with E-state index in [1.165, 1.54) is 19.3 Å². The summed E-state index contributed by atoms with van der Waals surface area (Å²) in [5.74, 6) is 1.77. The standard InChI is InChI=1S/C15H27N3O/c1-15(2,3)12-5-4-7-18(8-6-12)11-14-9-13(10-16)17-19-14/h9,12H,4-8,10-11,16H2,1-3H3. The van der Waals surface area contributed by atoms with E-state index in [4.69, 9.17) is 10.3 Å². The average molecular weight is 265 g/mol. The van der Waals surface area contributed by atoms with Crippen LogP contribution in [0.5, 0.6) is 0 Å². The first-order valence-electron chi connectivity index (χ1n) is 7.36. The molecule has 0 amide bonds. The second-order valence-corrected chi connectivity index (χ2v) is 6.76. The maximum absolute atomic E-state index is 5.55. The van der Waals surface area contributed by atoms with Crippen molar-refractivity contribution in [2.75, 3.05) is 13.1 Å². The molecular weight excluding hydrogens is 238 g/mol. The van der Waals surface area contributed by atoms with Crippen LogP contribution < -0.4 is 5.73 Å². The van der Waals surface area contributed by atoms with Crippen LogP contribution in [0.1, 0.15) is 51.5 Å². The lowest BCUT2D eigenvalue weighted by molar-refractivity contribution is 0.200. The fraction of sp³-hybridized carbons (Fsp3) is 0.800. The van der Waals surface area contributed by atoms with Gasteiger partial charge in [0.1, 0.15) is 0 Å². The third-order valence-electron chi connectivity index (χ3n) is 4.24. The summed E-state index contributed by atoms with van der Waals surface area (Å²) in [4.78, 5) is 2.48. The van der Waals surface area contributed by atoms with E-state index in [9.17, 15) is 0 Å². The number of nitrogens with two attached hydrogens (primary N) is 1. The first-order chi connectivity index (χ1) is 8.99. The molecule has 1 aromatic heterocycles. The van der Waals surface area contributed by atoms with Gasteiger partial charge in [-0.05, 0) is 43.7 Å². The van der Waals surface area contributed by atoms with Crippen molar-refractivity contribution in [3.8, 4) is 0 Å². The van der Waals surface area contributed by atoms with Gasteiger partial charge in [0.15, 0.2) is 5.76 Å². The molecule has 1 fully saturated rings. The number of likely N-dealkylation sites (tertiary alicyclic amines) is 1. The zero-order chi connectivity index (χ0) is 13.9. The van der Waals surface area contributed by atoms with E-state index in [2.05, 4.69) is 30.8 Å². The van der Waals surface area contributed by atoms with Gasteiger partial charge < -0.3 is 10.3 Å². The summed E-state index contributed by atoms with van der Waals surface area (Å²) in [7, 11) is 0. The lowest BCUT2D eigenvalue weighted by Gasteiger charge is -2.29. The highest BCUT2D eigenvalue weighted by Crippen LogP contribution is 2.34. The van der Waals surface area contributed by atoms with E-state index in [1.807, 2.05) is 6.07 Å². The van der Waals surface area contributed by atoms with E-state index < -0.39 is 0 Å². The smallest absolute Gasteiger partial charge is 0.151 e. The van der Waals surface area contributed by atoms with E-state index >= 15 is 0 Å². The second kappa shape index (κ2) is 6.06. The quantitative estimate of drug-likeness (QED) is 0.913. The molecule has 4 nitrogen and oxygen atoms in total. The van der Waals surface area contributed by atoms with Crippen LogP contribution in [0.25, 0.3) is 0 Å². The highest BCUT2D eigenvalue weighted by Gasteiger charge is 2.27. The van der Waals surface area contributed by atoms with Crippen molar-refractivity contribution in [1.82, 2.24) is 10.1 Å². The summed E-state index contributed by atoms with van der Waals surface area (Å²) >= 11 is 0. The monoisotopic (exact) mass is 265 g/mol. The van der Waals surface area contributed by atoms with Gasteiger partial charge in [0.2, 0.25) is 0 Å². The van der Waals surface area contributed by atoms with Crippen LogP contribution >= 0.6 is 0 Å². The molecule has 0 bridgehead atoms. The van der Waals surface area contributed by atoms with Crippen molar-refractivity contribution in [3.05, 3.63) is 17.5 Å². The van der Waals surface area contributed by atoms with E-state index in [0.29, 0.717) is 12.0 Å². The Morgan fingerprint density at radius 3 is 2.79 bits per heavy atom. The maximum atomic E-state index is 5.55. The molecule has 4 heteroatoms. The minimum Gasteiger partial charge on any atom is -0.360 e. The van der Waals surface area contributed by atoms with E-state index in [-0.39, 0.29) is 0 Å². The van der Waals surface area contributed by atoms with Crippen molar-refractivity contribution in [3.63, 3.8) is 0 Å². The molecule has 108 valence electrons. The number of aromatic nitrogens is 1. The minimum atomic E-state index is 0.426. The van der Waals surface area contributed by atoms with Crippen LogP contribution in [0, 0.1) is 11.3 Å². The van der Waals surface area contributed by atoms with Gasteiger partial charge in [0, 0.05) is 12.6 Å². The topological polar surface area (TPSA) is 55.3 Å². The van der Waals surface area contributed by atoms with Gasteiger partial charge in [-0.25, -0.2) is 0 Å². The van der Waals surface area contributed by atoms with Crippen LogP contribution in [-0.2, 0) is 13.1 Å². The van der Waals surface area contributed by atoms with E-state index in [0.717, 1.165) is 37.0 Å². The van der Waals surface area contributed by atoms with Crippen LogP contribution in [-0.4, -0.2) is 23.1 Å². The molecule has 0 saturated carbocycles. The Morgan fingerprint density at radius 1 is 1.37 bits per heavy atom. The van der Waals surface area contributed by atoms with Crippen molar-refractivity contribution in [2.24, 2.45) is 17.1 Å². The zero-order valence-electron chi connectivity index (χ0n) is 12.5. The molecule has 2 heterocycles. The van der Waals surface area contributed by atoms with Crippen LogP contribution in [0.3, 0.4) is 0 Å². The van der Waals surface area contributed by atoms with E-state index in [1.54, 1.807) is 0 Å². The van der Waals surface area contributed by atoms with Crippen molar-refractivity contribution >= 4 is 0 Å².